The molecule has 0 saturated heterocycles. The Morgan fingerprint density at radius 3 is 2.64 bits per heavy atom. The van der Waals surface area contributed by atoms with Crippen molar-refractivity contribution in [2.24, 2.45) is 0 Å². The Morgan fingerprint density at radius 2 is 2.09 bits per heavy atom. The van der Waals surface area contributed by atoms with Crippen molar-refractivity contribution < 1.29 is 0 Å². The van der Waals surface area contributed by atoms with E-state index in [0.29, 0.717) is 11.4 Å². The van der Waals surface area contributed by atoms with Crippen LogP contribution in [0.3, 0.4) is 0 Å². The van der Waals surface area contributed by atoms with Gasteiger partial charge in [-0.3, -0.25) is 0 Å². The third-order valence-corrected chi connectivity index (χ3v) is 1.09. The van der Waals surface area contributed by atoms with E-state index in [1.54, 1.807) is 0 Å². The second-order valence-electron chi connectivity index (χ2n) is 1.78. The summed E-state index contributed by atoms with van der Waals surface area (Å²) >= 11 is 0. The van der Waals surface area contributed by atoms with Gasteiger partial charge < -0.3 is 5.73 Å². The van der Waals surface area contributed by atoms with Gasteiger partial charge in [-0.15, -0.1) is 12.8 Å². The molecule has 0 unspecified atom stereocenters. The van der Waals surface area contributed by atoms with Crippen LogP contribution in [0.1, 0.15) is 11.4 Å². The van der Waals surface area contributed by atoms with Crippen molar-refractivity contribution in [3.63, 3.8) is 0 Å². The zero-order valence-corrected chi connectivity index (χ0v) is 5.70. The number of hydrogen-bond donors (Lipinski definition) is 1. The average molecular weight is 143 g/mol. The van der Waals surface area contributed by atoms with E-state index in [2.05, 4.69) is 21.8 Å². The van der Waals surface area contributed by atoms with Gasteiger partial charge in [0.15, 0.2) is 11.5 Å². The summed E-state index contributed by atoms with van der Waals surface area (Å²) in [6.45, 7) is 0. The van der Waals surface area contributed by atoms with E-state index in [1.165, 1.54) is 6.20 Å². The van der Waals surface area contributed by atoms with E-state index in [-0.39, 0.29) is 5.82 Å². The predicted octanol–water partition coefficient (Wildman–Crippen LogP) is 0.0214. The molecule has 1 aromatic rings. The fraction of sp³-hybridized carbons (Fsp3) is 0. The van der Waals surface area contributed by atoms with Gasteiger partial charge in [-0.05, 0) is 11.8 Å². The van der Waals surface area contributed by atoms with E-state index in [4.69, 9.17) is 18.6 Å². The molecule has 1 rings (SSSR count). The Balaban J connectivity index is 3.29. The molecule has 0 radical (unpaired) electrons. The molecule has 11 heavy (non-hydrogen) atoms. The van der Waals surface area contributed by atoms with Crippen molar-refractivity contribution in [1.82, 2.24) is 9.97 Å². The third kappa shape index (κ3) is 1.28. The van der Waals surface area contributed by atoms with E-state index in [9.17, 15) is 0 Å². The summed E-state index contributed by atoms with van der Waals surface area (Å²) in [6, 6.07) is 0. The van der Waals surface area contributed by atoms with Crippen LogP contribution < -0.4 is 5.73 Å². The molecule has 1 heterocycles. The van der Waals surface area contributed by atoms with Crippen LogP contribution in [0.4, 0.5) is 5.82 Å². The van der Waals surface area contributed by atoms with Crippen molar-refractivity contribution in [1.29, 1.82) is 0 Å². The van der Waals surface area contributed by atoms with E-state index in [0.717, 1.165) is 0 Å². The Labute approximate surface area is 64.7 Å². The van der Waals surface area contributed by atoms with Crippen molar-refractivity contribution in [3.8, 4) is 24.7 Å². The normalized spacial score (nSPS) is 8.18. The fourth-order valence-electron chi connectivity index (χ4n) is 0.574. The summed E-state index contributed by atoms with van der Waals surface area (Å²) in [5.74, 6) is 4.81. The lowest BCUT2D eigenvalue weighted by atomic mass is 10.4. The molecule has 0 saturated carbocycles. The minimum absolute atomic E-state index is 0.228. The van der Waals surface area contributed by atoms with Crippen molar-refractivity contribution in [3.05, 3.63) is 17.6 Å². The molecule has 0 bridgehead atoms. The number of aromatic nitrogens is 2. The van der Waals surface area contributed by atoms with Crippen LogP contribution in [0.15, 0.2) is 6.20 Å². The quantitative estimate of drug-likeness (QED) is 0.521. The standard InChI is InChI=1S/C8H5N3/c1-3-6-5-10-8(9)7(4-2)11-6/h1-2,5H,(H2,9,10). The van der Waals surface area contributed by atoms with Gasteiger partial charge in [0, 0.05) is 0 Å². The number of nitrogens with two attached hydrogens (primary N) is 1. The van der Waals surface area contributed by atoms with Crippen LogP contribution in [-0.2, 0) is 0 Å². The molecule has 1 aromatic heterocycles. The fourth-order valence-corrected chi connectivity index (χ4v) is 0.574. The predicted molar refractivity (Wildman–Crippen MR) is 42.3 cm³/mol. The summed E-state index contributed by atoms with van der Waals surface area (Å²) < 4.78 is 0. The average Bonchev–Trinajstić information content (AvgIpc) is 2.05. The lowest BCUT2D eigenvalue weighted by Gasteiger charge is -1.95. The lowest BCUT2D eigenvalue weighted by Crippen LogP contribution is -1.98. The van der Waals surface area contributed by atoms with Crippen LogP contribution >= 0.6 is 0 Å². The molecule has 0 aromatic carbocycles. The van der Waals surface area contributed by atoms with Gasteiger partial charge in [0.25, 0.3) is 0 Å². The number of anilines is 1. The SMILES string of the molecule is C#Cc1cnc(N)c(C#C)n1. The first-order valence-electron chi connectivity index (χ1n) is 2.83. The first-order chi connectivity index (χ1) is 5.27. The van der Waals surface area contributed by atoms with Gasteiger partial charge in [0.1, 0.15) is 5.69 Å². The molecule has 0 fully saturated rings. The maximum atomic E-state index is 5.37. The number of hydrogen-bond acceptors (Lipinski definition) is 3. The second-order valence-corrected chi connectivity index (χ2v) is 1.78. The number of terminal acetylenes is 2. The smallest absolute Gasteiger partial charge is 0.158 e. The summed E-state index contributed by atoms with van der Waals surface area (Å²) in [5, 5.41) is 0. The molecule has 0 aliphatic heterocycles. The van der Waals surface area contributed by atoms with Gasteiger partial charge in [0.2, 0.25) is 0 Å². The molecule has 0 aliphatic carbocycles. The number of rotatable bonds is 0. The molecule has 3 heteroatoms. The largest absolute Gasteiger partial charge is 0.381 e. The van der Waals surface area contributed by atoms with E-state index in [1.807, 2.05) is 0 Å². The van der Waals surface area contributed by atoms with Crippen LogP contribution in [0.2, 0.25) is 0 Å². The number of nitrogen functional groups attached to an aromatic ring is 1. The zero-order valence-electron chi connectivity index (χ0n) is 5.70. The van der Waals surface area contributed by atoms with Gasteiger partial charge in [-0.1, -0.05) is 0 Å². The Kier molecular flexibility index (Phi) is 1.76. The third-order valence-electron chi connectivity index (χ3n) is 1.09. The minimum atomic E-state index is 0.228. The molecule has 3 nitrogen and oxygen atoms in total. The highest BCUT2D eigenvalue weighted by atomic mass is 14.9. The Morgan fingerprint density at radius 1 is 1.36 bits per heavy atom. The first-order valence-corrected chi connectivity index (χ1v) is 2.83. The number of nitrogens with zero attached hydrogens (tertiary/aromatic N) is 2. The maximum Gasteiger partial charge on any atom is 0.158 e. The summed E-state index contributed by atoms with van der Waals surface area (Å²) in [4.78, 5) is 7.60. The molecule has 0 spiro atoms. The molecule has 0 amide bonds. The lowest BCUT2D eigenvalue weighted by molar-refractivity contribution is 1.16. The van der Waals surface area contributed by atoms with Gasteiger partial charge in [-0.2, -0.15) is 0 Å². The molecular formula is C8H5N3. The Hall–Kier alpha value is -2.00. The molecule has 0 atom stereocenters. The zero-order chi connectivity index (χ0) is 8.27. The molecule has 0 aliphatic rings. The summed E-state index contributed by atoms with van der Waals surface area (Å²) in [6.07, 6.45) is 11.5. The van der Waals surface area contributed by atoms with E-state index < -0.39 is 0 Å². The molecule has 52 valence electrons. The minimum Gasteiger partial charge on any atom is -0.381 e. The van der Waals surface area contributed by atoms with Crippen molar-refractivity contribution in [2.45, 2.75) is 0 Å². The van der Waals surface area contributed by atoms with Gasteiger partial charge in [-0.25, -0.2) is 9.97 Å². The van der Waals surface area contributed by atoms with Gasteiger partial charge in [0.05, 0.1) is 6.20 Å². The topological polar surface area (TPSA) is 51.8 Å². The van der Waals surface area contributed by atoms with E-state index >= 15 is 0 Å². The monoisotopic (exact) mass is 143 g/mol. The molecular weight excluding hydrogens is 138 g/mol. The van der Waals surface area contributed by atoms with Crippen molar-refractivity contribution in [2.75, 3.05) is 5.73 Å². The van der Waals surface area contributed by atoms with Crippen LogP contribution in [-0.4, -0.2) is 9.97 Å². The maximum absolute atomic E-state index is 5.37. The Bertz CT molecular complexity index is 355. The molecule has 2 N–H and O–H groups in total. The van der Waals surface area contributed by atoms with Crippen molar-refractivity contribution >= 4 is 5.82 Å². The van der Waals surface area contributed by atoms with Gasteiger partial charge >= 0.3 is 0 Å². The highest BCUT2D eigenvalue weighted by Crippen LogP contribution is 2.02. The van der Waals surface area contributed by atoms with Crippen LogP contribution in [0.25, 0.3) is 0 Å². The first kappa shape index (κ1) is 7.11. The highest BCUT2D eigenvalue weighted by Gasteiger charge is 1.98. The van der Waals surface area contributed by atoms with Crippen LogP contribution in [0, 0.1) is 24.7 Å². The summed E-state index contributed by atoms with van der Waals surface area (Å²) in [7, 11) is 0. The summed E-state index contributed by atoms with van der Waals surface area (Å²) in [5.41, 5.74) is 6.06. The highest BCUT2D eigenvalue weighted by molar-refractivity contribution is 5.46. The van der Waals surface area contributed by atoms with Crippen LogP contribution in [0.5, 0.6) is 0 Å². The second kappa shape index (κ2) is 2.72.